The smallest absolute Gasteiger partial charge is 0.308 e. The summed E-state index contributed by atoms with van der Waals surface area (Å²) in [5.41, 5.74) is 0. The van der Waals surface area contributed by atoms with Crippen LogP contribution in [-0.2, 0) is 57.0 Å². The van der Waals surface area contributed by atoms with Crippen LogP contribution in [-0.4, -0.2) is 147 Å². The molecule has 1 heterocycles. The van der Waals surface area contributed by atoms with E-state index in [1.165, 1.54) is 308 Å². The van der Waals surface area contributed by atoms with Crippen LogP contribution in [0.1, 0.15) is 493 Å². The summed E-state index contributed by atoms with van der Waals surface area (Å²) in [6.45, 7) is 32.8. The molecule has 0 aromatic heterocycles. The first-order valence-corrected chi connectivity index (χ1v) is 52.4. The number of hydrogen-bond acceptors (Lipinski definition) is 14. The number of carbonyl (C=O) groups is 3. The second-order valence-corrected chi connectivity index (χ2v) is 37.0. The molecule has 0 N–H and O–H groups in total. The topological polar surface area (TPSA) is 141 Å². The van der Waals surface area contributed by atoms with Crippen molar-refractivity contribution in [3.05, 3.63) is 0 Å². The Morgan fingerprint density at radius 3 is 1.15 bits per heavy atom. The maximum absolute atomic E-state index is 13.8. The van der Waals surface area contributed by atoms with Crippen molar-refractivity contribution < 1.29 is 57.0 Å². The second kappa shape index (κ2) is 89.9. The fraction of sp³-hybridized carbons (Fsp3) is 0.971. The molecule has 1 rings (SSSR count). The molecule has 0 spiro atoms. The summed E-state index contributed by atoms with van der Waals surface area (Å²) < 4.78 is 54.5. The standard InChI is InChI=1S/C104H204N2O12/c1-11-20-45-63-94(64-46-21-12-2)74-85-112-91-110-80-57-41-35-39-53-71-100(118-93-114-87-79-106-77-55-56-78-106)72-54-40-36-42-58-81-111-92-113-86-75-97(68-50-25-16-6)101(73-26-17-7)99(62-18-8)88-96(67-49-24-15-5)90-103(108)116-83-60-44-34-30-28-32-38-52-70-98(104(109)117-84-61-76-105(10)19-9)69-51-37-31-27-29-33-43-59-82-115-102(107)89-95(65-47-22-13-3)66-48-23-14-4/h94-101H,11-93H2,1-10H3. The second-order valence-electron chi connectivity index (χ2n) is 37.0. The van der Waals surface area contributed by atoms with E-state index in [4.69, 9.17) is 42.6 Å². The minimum absolute atomic E-state index is 0.00254. The van der Waals surface area contributed by atoms with Crippen LogP contribution in [0.25, 0.3) is 0 Å². The number of esters is 3. The number of likely N-dealkylation sites (tertiary alicyclic amines) is 1. The van der Waals surface area contributed by atoms with E-state index >= 15 is 0 Å². The highest BCUT2D eigenvalue weighted by molar-refractivity contribution is 5.72. The Bertz CT molecular complexity index is 2030. The number of nitrogens with zero attached hydrogens (tertiary/aromatic N) is 2. The molecule has 0 aromatic rings. The highest BCUT2D eigenvalue weighted by Crippen LogP contribution is 2.41. The lowest BCUT2D eigenvalue weighted by Crippen LogP contribution is -2.28. The quantitative estimate of drug-likeness (QED) is 0.0247. The average molecular weight is 1670 g/mol. The zero-order chi connectivity index (χ0) is 85.6. The number of rotatable bonds is 97. The lowest BCUT2D eigenvalue weighted by molar-refractivity contribution is -0.149. The number of ether oxygens (including phenoxy) is 9. The van der Waals surface area contributed by atoms with Crippen LogP contribution in [0.4, 0.5) is 0 Å². The Morgan fingerprint density at radius 2 is 0.686 bits per heavy atom. The minimum atomic E-state index is 0.00254. The van der Waals surface area contributed by atoms with Crippen molar-refractivity contribution in [3.63, 3.8) is 0 Å². The molecular weight excluding hydrogens is 1470 g/mol. The average Bonchev–Trinajstić information content (AvgIpc) is 0.982. The van der Waals surface area contributed by atoms with Crippen LogP contribution in [0.3, 0.4) is 0 Å². The van der Waals surface area contributed by atoms with E-state index in [0.717, 1.165) is 181 Å². The van der Waals surface area contributed by atoms with Gasteiger partial charge in [0.2, 0.25) is 0 Å². The molecule has 1 saturated heterocycles. The maximum atomic E-state index is 13.8. The van der Waals surface area contributed by atoms with E-state index in [2.05, 4.69) is 79.2 Å². The summed E-state index contributed by atoms with van der Waals surface area (Å²) in [5, 5.41) is 0. The van der Waals surface area contributed by atoms with Crippen LogP contribution in [0.2, 0.25) is 0 Å². The van der Waals surface area contributed by atoms with Crippen molar-refractivity contribution in [3.8, 4) is 0 Å². The van der Waals surface area contributed by atoms with Crippen LogP contribution in [0, 0.1) is 41.4 Å². The molecule has 0 aromatic carbocycles. The van der Waals surface area contributed by atoms with Gasteiger partial charge in [-0.2, -0.15) is 0 Å². The van der Waals surface area contributed by atoms with Crippen LogP contribution in [0.15, 0.2) is 0 Å². The van der Waals surface area contributed by atoms with Crippen LogP contribution >= 0.6 is 0 Å². The zero-order valence-corrected chi connectivity index (χ0v) is 80.6. The van der Waals surface area contributed by atoms with Gasteiger partial charge in [-0.25, -0.2) is 0 Å². The molecule has 118 heavy (non-hydrogen) atoms. The molecule has 0 aliphatic carbocycles. The van der Waals surface area contributed by atoms with Gasteiger partial charge < -0.3 is 52.4 Å². The van der Waals surface area contributed by atoms with Crippen LogP contribution < -0.4 is 0 Å². The van der Waals surface area contributed by atoms with E-state index in [0.29, 0.717) is 82.6 Å². The Kier molecular flexibility index (Phi) is 86.9. The third-order valence-corrected chi connectivity index (χ3v) is 26.2. The van der Waals surface area contributed by atoms with Gasteiger partial charge in [0.15, 0.2) is 0 Å². The first-order chi connectivity index (χ1) is 58.0. The Labute approximate surface area is 733 Å². The minimum Gasteiger partial charge on any atom is -0.466 e. The monoisotopic (exact) mass is 1670 g/mol. The van der Waals surface area contributed by atoms with Gasteiger partial charge in [-0.3, -0.25) is 14.4 Å². The van der Waals surface area contributed by atoms with Gasteiger partial charge in [0.25, 0.3) is 0 Å². The first kappa shape index (κ1) is 114. The summed E-state index contributed by atoms with van der Waals surface area (Å²) in [6.07, 6.45) is 79.1. The van der Waals surface area contributed by atoms with Crippen molar-refractivity contribution in [1.29, 1.82) is 0 Å². The Hall–Kier alpha value is -1.91. The van der Waals surface area contributed by atoms with Crippen molar-refractivity contribution >= 4 is 17.9 Å². The van der Waals surface area contributed by atoms with Gasteiger partial charge in [-0.15, -0.1) is 0 Å². The molecule has 14 nitrogen and oxygen atoms in total. The summed E-state index contributed by atoms with van der Waals surface area (Å²) >= 11 is 0. The predicted octanol–water partition coefficient (Wildman–Crippen LogP) is 29.8. The summed E-state index contributed by atoms with van der Waals surface area (Å²) in [7, 11) is 2.12. The highest BCUT2D eigenvalue weighted by Gasteiger charge is 2.32. The van der Waals surface area contributed by atoms with E-state index < -0.39 is 0 Å². The van der Waals surface area contributed by atoms with E-state index in [1.807, 2.05) is 0 Å². The molecule has 0 amide bonds. The fourth-order valence-corrected chi connectivity index (χ4v) is 18.3. The van der Waals surface area contributed by atoms with Crippen LogP contribution in [0.5, 0.6) is 0 Å². The zero-order valence-electron chi connectivity index (χ0n) is 80.6. The van der Waals surface area contributed by atoms with Gasteiger partial charge in [-0.05, 0) is 178 Å². The molecule has 0 saturated carbocycles. The lowest BCUT2D eigenvalue weighted by Gasteiger charge is -2.36. The molecule has 0 bridgehead atoms. The van der Waals surface area contributed by atoms with Gasteiger partial charge in [0.05, 0.1) is 38.4 Å². The number of hydrogen-bond donors (Lipinski definition) is 0. The van der Waals surface area contributed by atoms with Crippen molar-refractivity contribution in [1.82, 2.24) is 9.80 Å². The summed E-state index contributed by atoms with van der Waals surface area (Å²) in [4.78, 5) is 44.7. The highest BCUT2D eigenvalue weighted by atomic mass is 16.7. The fourth-order valence-electron chi connectivity index (χ4n) is 18.3. The third-order valence-electron chi connectivity index (χ3n) is 26.2. The number of carbonyl (C=O) groups excluding carboxylic acids is 3. The summed E-state index contributed by atoms with van der Waals surface area (Å²) in [6, 6.07) is 0. The first-order valence-electron chi connectivity index (χ1n) is 52.4. The van der Waals surface area contributed by atoms with Crippen molar-refractivity contribution in [2.75, 3.05) is 113 Å². The summed E-state index contributed by atoms with van der Waals surface area (Å²) in [5.74, 6) is 3.60. The third kappa shape index (κ3) is 73.3. The van der Waals surface area contributed by atoms with Crippen molar-refractivity contribution in [2.24, 2.45) is 41.4 Å². The molecule has 6 atom stereocenters. The SMILES string of the molecule is CCCCCC(CCCCC)CCOCOCCCCCCCC(CCCCCCCOCOCCC(CCCCC)C(CCCC)C(CCC)CC(CCCCC)CC(=O)OCCCCCCCCCCC(CCCCCCCCCCOC(=O)CC(CCCCC)CCCCC)C(=O)OCCCN(C)CC)OCOCCN1CCCC1. The molecule has 702 valence electrons. The van der Waals surface area contributed by atoms with E-state index in [9.17, 15) is 14.4 Å². The molecule has 14 heteroatoms. The van der Waals surface area contributed by atoms with Gasteiger partial charge in [-0.1, -0.05) is 364 Å². The van der Waals surface area contributed by atoms with E-state index in [1.54, 1.807) is 0 Å². The molecule has 1 aliphatic heterocycles. The van der Waals surface area contributed by atoms with Gasteiger partial charge >= 0.3 is 17.9 Å². The maximum Gasteiger partial charge on any atom is 0.308 e. The normalized spacial score (nSPS) is 14.3. The predicted molar refractivity (Wildman–Crippen MR) is 501 cm³/mol. The molecular formula is C104H204N2O12. The molecule has 1 aliphatic rings. The van der Waals surface area contributed by atoms with Gasteiger partial charge in [0, 0.05) is 52.4 Å². The molecule has 1 fully saturated rings. The largest absolute Gasteiger partial charge is 0.466 e. The van der Waals surface area contributed by atoms with Crippen molar-refractivity contribution in [2.45, 2.75) is 499 Å². The number of unbranched alkanes of at least 4 members (excludes halogenated alkanes) is 35. The van der Waals surface area contributed by atoms with E-state index in [-0.39, 0.29) is 29.9 Å². The Morgan fingerprint density at radius 1 is 0.305 bits per heavy atom. The Balaban J connectivity index is 2.57. The molecule has 0 radical (unpaired) electrons. The van der Waals surface area contributed by atoms with Gasteiger partial charge in [0.1, 0.15) is 20.4 Å². The molecule has 6 unspecified atom stereocenters. The lowest BCUT2D eigenvalue weighted by atomic mass is 9.69.